The van der Waals surface area contributed by atoms with Gasteiger partial charge in [-0.25, -0.2) is 14.8 Å². The van der Waals surface area contributed by atoms with E-state index in [4.69, 9.17) is 16.3 Å². The first-order valence-corrected chi connectivity index (χ1v) is 6.33. The number of rotatable bonds is 4. The van der Waals surface area contributed by atoms with Crippen molar-refractivity contribution in [3.05, 3.63) is 47.6 Å². The standard InChI is InChI=1S/C13H11ClN4O3/c1-8(21-13(20)10-7-15-4-5-16-10)12(19)18-11-3-2-9(14)6-17-11/h2-8H,1H3,(H,17,18,19)/t8-/m1/s1. The van der Waals surface area contributed by atoms with E-state index in [-0.39, 0.29) is 5.69 Å². The van der Waals surface area contributed by atoms with Crippen molar-refractivity contribution in [2.45, 2.75) is 13.0 Å². The Labute approximate surface area is 125 Å². The molecule has 0 spiro atoms. The normalized spacial score (nSPS) is 11.5. The summed E-state index contributed by atoms with van der Waals surface area (Å²) in [6, 6.07) is 3.12. The van der Waals surface area contributed by atoms with Crippen LogP contribution in [-0.2, 0) is 9.53 Å². The second-order valence-corrected chi connectivity index (χ2v) is 4.43. The number of hydrogen-bond donors (Lipinski definition) is 1. The molecule has 2 aromatic rings. The Kier molecular flexibility index (Phi) is 4.78. The average Bonchev–Trinajstić information content (AvgIpc) is 2.50. The minimum Gasteiger partial charge on any atom is -0.448 e. The molecule has 1 atom stereocenters. The summed E-state index contributed by atoms with van der Waals surface area (Å²) in [5.74, 6) is -0.927. The molecule has 1 N–H and O–H groups in total. The van der Waals surface area contributed by atoms with Gasteiger partial charge in [-0.15, -0.1) is 0 Å². The maximum absolute atomic E-state index is 11.9. The number of aromatic nitrogens is 3. The van der Waals surface area contributed by atoms with E-state index in [1.165, 1.54) is 37.8 Å². The lowest BCUT2D eigenvalue weighted by Crippen LogP contribution is -2.30. The third-order valence-electron chi connectivity index (χ3n) is 2.40. The number of nitrogens with one attached hydrogen (secondary N) is 1. The van der Waals surface area contributed by atoms with Gasteiger partial charge in [0.15, 0.2) is 11.8 Å². The Hall–Kier alpha value is -2.54. The first-order chi connectivity index (χ1) is 10.1. The van der Waals surface area contributed by atoms with Crippen molar-refractivity contribution in [2.24, 2.45) is 0 Å². The van der Waals surface area contributed by atoms with Gasteiger partial charge in [0.1, 0.15) is 5.82 Å². The van der Waals surface area contributed by atoms with Crippen LogP contribution in [0.3, 0.4) is 0 Å². The minimum absolute atomic E-state index is 0.0294. The second-order valence-electron chi connectivity index (χ2n) is 3.99. The van der Waals surface area contributed by atoms with Crippen LogP contribution in [-0.4, -0.2) is 32.9 Å². The molecule has 0 aliphatic heterocycles. The summed E-state index contributed by atoms with van der Waals surface area (Å²) >= 11 is 5.69. The van der Waals surface area contributed by atoms with E-state index in [0.717, 1.165) is 0 Å². The van der Waals surface area contributed by atoms with E-state index < -0.39 is 18.0 Å². The van der Waals surface area contributed by atoms with Crippen molar-refractivity contribution >= 4 is 29.3 Å². The number of amides is 1. The van der Waals surface area contributed by atoms with Gasteiger partial charge in [-0.05, 0) is 19.1 Å². The van der Waals surface area contributed by atoms with Crippen molar-refractivity contribution in [3.8, 4) is 0 Å². The van der Waals surface area contributed by atoms with E-state index in [9.17, 15) is 9.59 Å². The highest BCUT2D eigenvalue weighted by atomic mass is 35.5. The third kappa shape index (κ3) is 4.22. The van der Waals surface area contributed by atoms with Gasteiger partial charge in [0.05, 0.1) is 11.2 Å². The predicted molar refractivity (Wildman–Crippen MR) is 74.8 cm³/mol. The van der Waals surface area contributed by atoms with Crippen molar-refractivity contribution in [2.75, 3.05) is 5.32 Å². The van der Waals surface area contributed by atoms with Gasteiger partial charge in [0, 0.05) is 18.6 Å². The summed E-state index contributed by atoms with van der Waals surface area (Å²) < 4.78 is 4.99. The molecule has 0 bridgehead atoms. The second kappa shape index (κ2) is 6.76. The molecule has 1 amide bonds. The number of nitrogens with zero attached hydrogens (tertiary/aromatic N) is 3. The van der Waals surface area contributed by atoms with E-state index in [1.807, 2.05) is 0 Å². The molecule has 0 aliphatic rings. The molecule has 2 rings (SSSR count). The number of hydrogen-bond acceptors (Lipinski definition) is 6. The lowest BCUT2D eigenvalue weighted by atomic mass is 10.3. The SMILES string of the molecule is C[C@@H](OC(=O)c1cnccn1)C(=O)Nc1ccc(Cl)cn1. The maximum Gasteiger partial charge on any atom is 0.359 e. The van der Waals surface area contributed by atoms with Gasteiger partial charge in [-0.2, -0.15) is 0 Å². The van der Waals surface area contributed by atoms with Crippen molar-refractivity contribution < 1.29 is 14.3 Å². The molecule has 0 aromatic carbocycles. The molecule has 0 radical (unpaired) electrons. The molecule has 8 heteroatoms. The monoisotopic (exact) mass is 306 g/mol. The number of carbonyl (C=O) groups is 2. The Balaban J connectivity index is 1.93. The van der Waals surface area contributed by atoms with Crippen LogP contribution in [0.15, 0.2) is 36.9 Å². The van der Waals surface area contributed by atoms with E-state index in [0.29, 0.717) is 10.8 Å². The lowest BCUT2D eigenvalue weighted by molar-refractivity contribution is -0.123. The molecule has 0 saturated carbocycles. The zero-order valence-corrected chi connectivity index (χ0v) is 11.7. The van der Waals surface area contributed by atoms with Crippen LogP contribution < -0.4 is 5.32 Å². The lowest BCUT2D eigenvalue weighted by Gasteiger charge is -2.12. The molecule has 7 nitrogen and oxygen atoms in total. The highest BCUT2D eigenvalue weighted by Gasteiger charge is 2.20. The van der Waals surface area contributed by atoms with Gasteiger partial charge >= 0.3 is 5.97 Å². The number of esters is 1. The molecule has 0 saturated heterocycles. The van der Waals surface area contributed by atoms with Gasteiger partial charge in [-0.3, -0.25) is 9.78 Å². The summed E-state index contributed by atoms with van der Waals surface area (Å²) in [4.78, 5) is 35.0. The summed E-state index contributed by atoms with van der Waals surface area (Å²) in [7, 11) is 0. The fourth-order valence-corrected chi connectivity index (χ4v) is 1.47. The molecular weight excluding hydrogens is 296 g/mol. The molecule has 2 aromatic heterocycles. The molecular formula is C13H11ClN4O3. The Morgan fingerprint density at radius 3 is 2.67 bits per heavy atom. The van der Waals surface area contributed by atoms with Crippen LogP contribution in [0, 0.1) is 0 Å². The van der Waals surface area contributed by atoms with Crippen LogP contribution in [0.5, 0.6) is 0 Å². The third-order valence-corrected chi connectivity index (χ3v) is 2.63. The topological polar surface area (TPSA) is 94.1 Å². The number of anilines is 1. The highest BCUT2D eigenvalue weighted by molar-refractivity contribution is 6.30. The number of carbonyl (C=O) groups excluding carboxylic acids is 2. The molecule has 0 unspecified atom stereocenters. The van der Waals surface area contributed by atoms with Crippen LogP contribution in [0.4, 0.5) is 5.82 Å². The summed E-state index contributed by atoms with van der Waals surface area (Å²) in [6.45, 7) is 1.44. The maximum atomic E-state index is 11.9. The highest BCUT2D eigenvalue weighted by Crippen LogP contribution is 2.10. The molecule has 2 heterocycles. The first kappa shape index (κ1) is 14.9. The van der Waals surface area contributed by atoms with Crippen molar-refractivity contribution in [1.29, 1.82) is 0 Å². The van der Waals surface area contributed by atoms with Gasteiger partial charge < -0.3 is 10.1 Å². The Morgan fingerprint density at radius 2 is 2.05 bits per heavy atom. The van der Waals surface area contributed by atoms with Crippen LogP contribution >= 0.6 is 11.6 Å². The van der Waals surface area contributed by atoms with Crippen LogP contribution in [0.2, 0.25) is 5.02 Å². The summed E-state index contributed by atoms with van der Waals surface area (Å²) in [6.07, 6.45) is 4.44. The summed E-state index contributed by atoms with van der Waals surface area (Å²) in [5, 5.41) is 2.96. The minimum atomic E-state index is -1.00. The van der Waals surface area contributed by atoms with E-state index in [2.05, 4.69) is 20.3 Å². The van der Waals surface area contributed by atoms with Gasteiger partial charge in [0.2, 0.25) is 0 Å². The average molecular weight is 307 g/mol. The molecule has 108 valence electrons. The number of halogens is 1. The van der Waals surface area contributed by atoms with Crippen molar-refractivity contribution in [3.63, 3.8) is 0 Å². The Bertz CT molecular complexity index is 634. The fraction of sp³-hybridized carbons (Fsp3) is 0.154. The summed E-state index contributed by atoms with van der Waals surface area (Å²) in [5.41, 5.74) is 0.0294. The van der Waals surface area contributed by atoms with Crippen LogP contribution in [0.1, 0.15) is 17.4 Å². The van der Waals surface area contributed by atoms with Gasteiger partial charge in [-0.1, -0.05) is 11.6 Å². The zero-order valence-electron chi connectivity index (χ0n) is 11.0. The molecule has 0 aliphatic carbocycles. The smallest absolute Gasteiger partial charge is 0.359 e. The van der Waals surface area contributed by atoms with Crippen molar-refractivity contribution in [1.82, 2.24) is 15.0 Å². The Morgan fingerprint density at radius 1 is 1.24 bits per heavy atom. The largest absolute Gasteiger partial charge is 0.448 e. The number of pyridine rings is 1. The van der Waals surface area contributed by atoms with E-state index >= 15 is 0 Å². The number of ether oxygens (including phenoxy) is 1. The molecule has 21 heavy (non-hydrogen) atoms. The quantitative estimate of drug-likeness (QED) is 0.864. The zero-order chi connectivity index (χ0) is 15.2. The van der Waals surface area contributed by atoms with Gasteiger partial charge in [0.25, 0.3) is 5.91 Å². The van der Waals surface area contributed by atoms with E-state index in [1.54, 1.807) is 6.07 Å². The van der Waals surface area contributed by atoms with Crippen LogP contribution in [0.25, 0.3) is 0 Å². The first-order valence-electron chi connectivity index (χ1n) is 5.95. The molecule has 0 fully saturated rings. The fourth-order valence-electron chi connectivity index (χ4n) is 1.36. The predicted octanol–water partition coefficient (Wildman–Crippen LogP) is 1.71.